The monoisotopic (exact) mass is 321 g/mol. The Balaban J connectivity index is 1.80. The number of rotatable bonds is 4. The van der Waals surface area contributed by atoms with Gasteiger partial charge in [0.15, 0.2) is 5.69 Å². The summed E-state index contributed by atoms with van der Waals surface area (Å²) in [6.45, 7) is 1.69. The molecule has 0 fully saturated rings. The summed E-state index contributed by atoms with van der Waals surface area (Å²) in [5, 5.41) is 2.72. The van der Waals surface area contributed by atoms with Crippen molar-refractivity contribution < 1.29 is 14.0 Å². The van der Waals surface area contributed by atoms with Crippen LogP contribution < -0.4 is 11.1 Å². The van der Waals surface area contributed by atoms with E-state index in [1.54, 1.807) is 31.2 Å². The fourth-order valence-corrected chi connectivity index (χ4v) is 2.22. The molecule has 2 amide bonds. The highest BCUT2D eigenvalue weighted by molar-refractivity contribution is 6.04. The van der Waals surface area contributed by atoms with Crippen LogP contribution in [0.4, 0.5) is 5.69 Å². The van der Waals surface area contributed by atoms with Gasteiger partial charge in [-0.1, -0.05) is 18.2 Å². The lowest BCUT2D eigenvalue weighted by atomic mass is 10.2. The number of aryl methyl sites for hydroxylation is 1. The van der Waals surface area contributed by atoms with Gasteiger partial charge >= 0.3 is 0 Å². The minimum absolute atomic E-state index is 0.216. The van der Waals surface area contributed by atoms with E-state index in [9.17, 15) is 9.59 Å². The van der Waals surface area contributed by atoms with Crippen LogP contribution in [0.1, 0.15) is 26.6 Å². The van der Waals surface area contributed by atoms with Crippen LogP contribution in [-0.4, -0.2) is 16.8 Å². The smallest absolute Gasteiger partial charge is 0.277 e. The van der Waals surface area contributed by atoms with Crippen LogP contribution in [0.15, 0.2) is 59.0 Å². The molecule has 0 radical (unpaired) electrons. The summed E-state index contributed by atoms with van der Waals surface area (Å²) in [6.07, 6.45) is 0. The van der Waals surface area contributed by atoms with E-state index < -0.39 is 5.91 Å². The number of anilines is 1. The predicted molar refractivity (Wildman–Crippen MR) is 89.6 cm³/mol. The van der Waals surface area contributed by atoms with Crippen LogP contribution in [0, 0.1) is 6.92 Å². The van der Waals surface area contributed by atoms with Crippen molar-refractivity contribution in [3.8, 4) is 11.5 Å². The number of oxazole rings is 1. The van der Waals surface area contributed by atoms with Crippen molar-refractivity contribution in [2.24, 2.45) is 5.73 Å². The molecule has 0 saturated carbocycles. The number of aromatic nitrogens is 1. The zero-order valence-corrected chi connectivity index (χ0v) is 12.9. The Hall–Kier alpha value is -3.41. The lowest BCUT2D eigenvalue weighted by molar-refractivity contribution is 0.0997. The Morgan fingerprint density at radius 2 is 1.71 bits per heavy atom. The first-order chi connectivity index (χ1) is 11.5. The van der Waals surface area contributed by atoms with E-state index in [2.05, 4.69) is 10.3 Å². The summed E-state index contributed by atoms with van der Waals surface area (Å²) in [4.78, 5) is 27.7. The molecular weight excluding hydrogens is 306 g/mol. The van der Waals surface area contributed by atoms with E-state index in [-0.39, 0.29) is 11.6 Å². The summed E-state index contributed by atoms with van der Waals surface area (Å²) in [5.41, 5.74) is 7.11. The van der Waals surface area contributed by atoms with Gasteiger partial charge in [-0.25, -0.2) is 4.98 Å². The number of nitrogens with zero attached hydrogens (tertiary/aromatic N) is 1. The number of nitrogens with one attached hydrogen (secondary N) is 1. The zero-order valence-electron chi connectivity index (χ0n) is 12.9. The van der Waals surface area contributed by atoms with Gasteiger partial charge in [0.05, 0.1) is 0 Å². The van der Waals surface area contributed by atoms with Crippen LogP contribution >= 0.6 is 0 Å². The number of hydrogen-bond donors (Lipinski definition) is 2. The van der Waals surface area contributed by atoms with Crippen molar-refractivity contribution in [3.05, 3.63) is 71.6 Å². The third kappa shape index (κ3) is 3.17. The van der Waals surface area contributed by atoms with Crippen molar-refractivity contribution in [1.82, 2.24) is 4.98 Å². The molecule has 3 aromatic rings. The molecule has 3 rings (SSSR count). The first-order valence-corrected chi connectivity index (χ1v) is 7.28. The molecular formula is C18H15N3O3. The van der Waals surface area contributed by atoms with E-state index in [1.807, 2.05) is 30.3 Å². The predicted octanol–water partition coefficient (Wildman–Crippen LogP) is 3.00. The number of carbonyl (C=O) groups excluding carboxylic acids is 2. The molecule has 2 aromatic carbocycles. The summed E-state index contributed by atoms with van der Waals surface area (Å²) in [6, 6.07) is 15.6. The normalized spacial score (nSPS) is 10.4. The number of benzene rings is 2. The lowest BCUT2D eigenvalue weighted by Crippen LogP contribution is -2.14. The molecule has 6 heteroatoms. The topological polar surface area (TPSA) is 98.2 Å². The maximum absolute atomic E-state index is 12.4. The molecule has 1 aromatic heterocycles. The number of amides is 2. The molecule has 1 heterocycles. The Bertz CT molecular complexity index is 884. The van der Waals surface area contributed by atoms with Crippen molar-refractivity contribution in [2.45, 2.75) is 6.92 Å². The van der Waals surface area contributed by atoms with Gasteiger partial charge in [-0.15, -0.1) is 0 Å². The third-order valence-corrected chi connectivity index (χ3v) is 3.46. The first-order valence-electron chi connectivity index (χ1n) is 7.28. The highest BCUT2D eigenvalue weighted by atomic mass is 16.4. The van der Waals surface area contributed by atoms with E-state index >= 15 is 0 Å². The van der Waals surface area contributed by atoms with Gasteiger partial charge in [0, 0.05) is 16.8 Å². The third-order valence-electron chi connectivity index (χ3n) is 3.46. The number of primary amides is 1. The molecule has 0 atom stereocenters. The van der Waals surface area contributed by atoms with Gasteiger partial charge < -0.3 is 15.5 Å². The molecule has 0 bridgehead atoms. The maximum atomic E-state index is 12.4. The molecule has 24 heavy (non-hydrogen) atoms. The Morgan fingerprint density at radius 3 is 2.33 bits per heavy atom. The quantitative estimate of drug-likeness (QED) is 0.771. The first kappa shape index (κ1) is 15.5. The molecule has 0 aliphatic rings. The molecule has 0 unspecified atom stereocenters. The van der Waals surface area contributed by atoms with Crippen molar-refractivity contribution in [2.75, 3.05) is 5.32 Å². The van der Waals surface area contributed by atoms with Crippen molar-refractivity contribution >= 4 is 17.5 Å². The maximum Gasteiger partial charge on any atom is 0.277 e. The minimum atomic E-state index is -0.521. The SMILES string of the molecule is Cc1oc(-c2ccccc2)nc1C(=O)Nc1ccc(C(N)=O)cc1. The zero-order chi connectivity index (χ0) is 17.1. The largest absolute Gasteiger partial charge is 0.441 e. The lowest BCUT2D eigenvalue weighted by Gasteiger charge is -2.04. The van der Waals surface area contributed by atoms with Crippen LogP contribution in [0.25, 0.3) is 11.5 Å². The Labute approximate surface area is 138 Å². The molecule has 6 nitrogen and oxygen atoms in total. The van der Waals surface area contributed by atoms with Gasteiger partial charge in [-0.3, -0.25) is 9.59 Å². The van der Waals surface area contributed by atoms with E-state index in [4.69, 9.17) is 10.2 Å². The fraction of sp³-hybridized carbons (Fsp3) is 0.0556. The molecule has 120 valence electrons. The standard InChI is InChI=1S/C18H15N3O3/c1-11-15(21-18(24-11)13-5-3-2-4-6-13)17(23)20-14-9-7-12(8-10-14)16(19)22/h2-10H,1H3,(H2,19,22)(H,20,23). The second-order valence-electron chi connectivity index (χ2n) is 5.19. The number of carbonyl (C=O) groups is 2. The van der Waals surface area contributed by atoms with Gasteiger partial charge in [0.1, 0.15) is 5.76 Å². The van der Waals surface area contributed by atoms with Gasteiger partial charge in [-0.05, 0) is 43.3 Å². The molecule has 3 N–H and O–H groups in total. The van der Waals surface area contributed by atoms with E-state index in [0.29, 0.717) is 22.9 Å². The summed E-state index contributed by atoms with van der Waals surface area (Å²) >= 11 is 0. The Kier molecular flexibility index (Phi) is 4.11. The highest BCUT2D eigenvalue weighted by Gasteiger charge is 2.18. The van der Waals surface area contributed by atoms with Gasteiger partial charge in [-0.2, -0.15) is 0 Å². The Morgan fingerprint density at radius 1 is 1.04 bits per heavy atom. The average Bonchev–Trinajstić information content (AvgIpc) is 2.98. The van der Waals surface area contributed by atoms with Crippen LogP contribution in [0.3, 0.4) is 0 Å². The fourth-order valence-electron chi connectivity index (χ4n) is 2.22. The number of nitrogens with two attached hydrogens (primary N) is 1. The molecule has 0 saturated heterocycles. The second-order valence-corrected chi connectivity index (χ2v) is 5.19. The van der Waals surface area contributed by atoms with Gasteiger partial charge in [0.25, 0.3) is 5.91 Å². The molecule has 0 aliphatic carbocycles. The summed E-state index contributed by atoms with van der Waals surface area (Å²) in [5.74, 6) is -0.0829. The number of hydrogen-bond acceptors (Lipinski definition) is 4. The second kappa shape index (κ2) is 6.37. The van der Waals surface area contributed by atoms with Crippen LogP contribution in [0.2, 0.25) is 0 Å². The minimum Gasteiger partial charge on any atom is -0.441 e. The highest BCUT2D eigenvalue weighted by Crippen LogP contribution is 2.22. The summed E-state index contributed by atoms with van der Waals surface area (Å²) < 4.78 is 5.58. The summed E-state index contributed by atoms with van der Waals surface area (Å²) in [7, 11) is 0. The van der Waals surface area contributed by atoms with E-state index in [1.165, 1.54) is 0 Å². The van der Waals surface area contributed by atoms with Crippen LogP contribution in [-0.2, 0) is 0 Å². The van der Waals surface area contributed by atoms with Crippen molar-refractivity contribution in [3.63, 3.8) is 0 Å². The van der Waals surface area contributed by atoms with Gasteiger partial charge in [0.2, 0.25) is 11.8 Å². The van der Waals surface area contributed by atoms with Crippen LogP contribution in [0.5, 0.6) is 0 Å². The molecule has 0 aliphatic heterocycles. The molecule has 0 spiro atoms. The van der Waals surface area contributed by atoms with E-state index in [0.717, 1.165) is 5.56 Å². The average molecular weight is 321 g/mol. The van der Waals surface area contributed by atoms with Crippen molar-refractivity contribution in [1.29, 1.82) is 0 Å².